The van der Waals surface area contributed by atoms with E-state index in [2.05, 4.69) is 16.1 Å². The number of pyridine rings is 1. The first kappa shape index (κ1) is 6.34. The molecule has 0 saturated carbocycles. The Morgan fingerprint density at radius 2 is 2.18 bits per heavy atom. The predicted molar refractivity (Wildman–Crippen MR) is 43.2 cm³/mol. The summed E-state index contributed by atoms with van der Waals surface area (Å²) in [6.07, 6.45) is 3.68. The number of fused-ring (bicyclic) bond motifs is 1. The summed E-state index contributed by atoms with van der Waals surface area (Å²) in [4.78, 5) is 4.24. The normalized spacial score (nSPS) is 10.7. The van der Waals surface area contributed by atoms with Crippen LogP contribution in [0.2, 0.25) is 0 Å². The predicted octanol–water partition coefficient (Wildman–Crippen LogP) is 1.28. The number of rotatable bonds is 0. The van der Waals surface area contributed by atoms with Crippen LogP contribution in [0.1, 0.15) is 5.56 Å². The van der Waals surface area contributed by atoms with Crippen molar-refractivity contribution in [3.8, 4) is 0 Å². The summed E-state index contributed by atoms with van der Waals surface area (Å²) >= 11 is 0. The number of nitrogens with zero attached hydrogens (tertiary/aromatic N) is 3. The highest BCUT2D eigenvalue weighted by molar-refractivity contribution is 5.74. The Labute approximate surface area is 64.7 Å². The van der Waals surface area contributed by atoms with Crippen LogP contribution in [-0.2, 0) is 7.05 Å². The van der Waals surface area contributed by atoms with Crippen LogP contribution in [0.5, 0.6) is 0 Å². The summed E-state index contributed by atoms with van der Waals surface area (Å²) < 4.78 is 1.77. The Kier molecular flexibility index (Phi) is 1.18. The van der Waals surface area contributed by atoms with Crippen molar-refractivity contribution < 1.29 is 0 Å². The Hall–Kier alpha value is -1.38. The molecule has 0 aliphatic rings. The molecule has 0 bridgehead atoms. The second-order valence-electron chi connectivity index (χ2n) is 2.69. The van der Waals surface area contributed by atoms with E-state index in [0.29, 0.717) is 0 Å². The Balaban J connectivity index is 2.86. The second-order valence-corrected chi connectivity index (χ2v) is 2.69. The molecule has 0 unspecified atom stereocenters. The van der Waals surface area contributed by atoms with Crippen LogP contribution in [0.15, 0.2) is 18.5 Å². The summed E-state index contributed by atoms with van der Waals surface area (Å²) in [6.45, 7) is 2.03. The summed E-state index contributed by atoms with van der Waals surface area (Å²) in [5.74, 6) is 0. The minimum atomic E-state index is 0.940. The van der Waals surface area contributed by atoms with Crippen LogP contribution < -0.4 is 0 Å². The number of hydrogen-bond acceptors (Lipinski definition) is 2. The highest BCUT2D eigenvalue weighted by Gasteiger charge is 1.98. The van der Waals surface area contributed by atoms with E-state index in [9.17, 15) is 0 Å². The van der Waals surface area contributed by atoms with E-state index in [-0.39, 0.29) is 0 Å². The van der Waals surface area contributed by atoms with Gasteiger partial charge < -0.3 is 0 Å². The molecule has 0 spiro atoms. The van der Waals surface area contributed by atoms with E-state index in [0.717, 1.165) is 11.0 Å². The zero-order chi connectivity index (χ0) is 7.84. The molecule has 0 radical (unpaired) electrons. The van der Waals surface area contributed by atoms with E-state index in [1.807, 2.05) is 26.4 Å². The molecule has 0 amide bonds. The van der Waals surface area contributed by atoms with Crippen LogP contribution in [0, 0.1) is 6.92 Å². The SMILES string of the molecule is Cc1cnc2c(cnn2C)c1. The molecule has 0 aliphatic carbocycles. The Morgan fingerprint density at radius 3 is 3.00 bits per heavy atom. The van der Waals surface area contributed by atoms with Crippen LogP contribution >= 0.6 is 0 Å². The summed E-state index contributed by atoms with van der Waals surface area (Å²) in [7, 11) is 1.89. The molecule has 0 aliphatic heterocycles. The van der Waals surface area contributed by atoms with Crippen molar-refractivity contribution in [3.05, 3.63) is 24.0 Å². The molecule has 56 valence electrons. The van der Waals surface area contributed by atoms with Gasteiger partial charge in [-0.1, -0.05) is 0 Å². The van der Waals surface area contributed by atoms with Crippen LogP contribution in [0.3, 0.4) is 0 Å². The zero-order valence-electron chi connectivity index (χ0n) is 6.57. The molecule has 3 heteroatoms. The first-order chi connectivity index (χ1) is 5.27. The van der Waals surface area contributed by atoms with Crippen LogP contribution in [-0.4, -0.2) is 14.8 Å². The minimum absolute atomic E-state index is 0.940. The fourth-order valence-electron chi connectivity index (χ4n) is 1.15. The second kappa shape index (κ2) is 2.05. The molecular weight excluding hydrogens is 138 g/mol. The lowest BCUT2D eigenvalue weighted by Gasteiger charge is -1.92. The van der Waals surface area contributed by atoms with E-state index in [1.165, 1.54) is 5.56 Å². The number of aryl methyl sites for hydroxylation is 2. The van der Waals surface area contributed by atoms with Crippen molar-refractivity contribution in [3.63, 3.8) is 0 Å². The summed E-state index contributed by atoms with van der Waals surface area (Å²) in [6, 6.07) is 2.08. The van der Waals surface area contributed by atoms with Crippen molar-refractivity contribution >= 4 is 11.0 Å². The first-order valence-electron chi connectivity index (χ1n) is 3.52. The molecule has 0 saturated heterocycles. The smallest absolute Gasteiger partial charge is 0.157 e. The van der Waals surface area contributed by atoms with Gasteiger partial charge in [0.2, 0.25) is 0 Å². The number of aromatic nitrogens is 3. The van der Waals surface area contributed by atoms with Crippen molar-refractivity contribution in [2.75, 3.05) is 0 Å². The first-order valence-corrected chi connectivity index (χ1v) is 3.52. The summed E-state index contributed by atoms with van der Waals surface area (Å²) in [5.41, 5.74) is 2.11. The molecule has 0 aromatic carbocycles. The lowest BCUT2D eigenvalue weighted by atomic mass is 10.3. The van der Waals surface area contributed by atoms with Gasteiger partial charge in [0.05, 0.1) is 6.20 Å². The van der Waals surface area contributed by atoms with Gasteiger partial charge in [0, 0.05) is 18.6 Å². The van der Waals surface area contributed by atoms with Crippen molar-refractivity contribution in [2.45, 2.75) is 6.92 Å². The molecule has 2 aromatic heterocycles. The molecule has 2 heterocycles. The minimum Gasteiger partial charge on any atom is -0.250 e. The highest BCUT2D eigenvalue weighted by Crippen LogP contribution is 2.10. The lowest BCUT2D eigenvalue weighted by Crippen LogP contribution is -1.90. The molecule has 11 heavy (non-hydrogen) atoms. The third kappa shape index (κ3) is 0.888. The van der Waals surface area contributed by atoms with E-state index in [1.54, 1.807) is 4.68 Å². The standard InChI is InChI=1S/C8H9N3/c1-6-3-7-5-10-11(2)8(7)9-4-6/h3-5H,1-2H3. The van der Waals surface area contributed by atoms with E-state index < -0.39 is 0 Å². The van der Waals surface area contributed by atoms with Gasteiger partial charge in [-0.15, -0.1) is 0 Å². The third-order valence-electron chi connectivity index (χ3n) is 1.71. The lowest BCUT2D eigenvalue weighted by molar-refractivity contribution is 0.786. The molecule has 2 aromatic rings. The third-order valence-corrected chi connectivity index (χ3v) is 1.71. The topological polar surface area (TPSA) is 30.7 Å². The molecule has 3 nitrogen and oxygen atoms in total. The van der Waals surface area contributed by atoms with Gasteiger partial charge in [0.15, 0.2) is 5.65 Å². The molecule has 0 fully saturated rings. The monoisotopic (exact) mass is 147 g/mol. The van der Waals surface area contributed by atoms with Gasteiger partial charge in [-0.25, -0.2) is 4.98 Å². The maximum absolute atomic E-state index is 4.24. The highest BCUT2D eigenvalue weighted by atomic mass is 15.3. The van der Waals surface area contributed by atoms with E-state index in [4.69, 9.17) is 0 Å². The van der Waals surface area contributed by atoms with Crippen LogP contribution in [0.25, 0.3) is 11.0 Å². The molecule has 2 rings (SSSR count). The number of hydrogen-bond donors (Lipinski definition) is 0. The zero-order valence-corrected chi connectivity index (χ0v) is 6.57. The van der Waals surface area contributed by atoms with Crippen molar-refractivity contribution in [1.82, 2.24) is 14.8 Å². The van der Waals surface area contributed by atoms with Gasteiger partial charge in [-0.05, 0) is 18.6 Å². The maximum Gasteiger partial charge on any atom is 0.157 e. The molecular formula is C8H9N3. The van der Waals surface area contributed by atoms with Gasteiger partial charge in [-0.2, -0.15) is 5.10 Å². The van der Waals surface area contributed by atoms with E-state index >= 15 is 0 Å². The fraction of sp³-hybridized carbons (Fsp3) is 0.250. The van der Waals surface area contributed by atoms with Gasteiger partial charge in [-0.3, -0.25) is 4.68 Å². The molecule has 0 atom stereocenters. The van der Waals surface area contributed by atoms with Gasteiger partial charge in [0.1, 0.15) is 0 Å². The molecule has 0 N–H and O–H groups in total. The maximum atomic E-state index is 4.24. The average Bonchev–Trinajstić information content (AvgIpc) is 2.32. The Morgan fingerprint density at radius 1 is 1.36 bits per heavy atom. The summed E-state index contributed by atoms with van der Waals surface area (Å²) in [5, 5.41) is 5.20. The van der Waals surface area contributed by atoms with Crippen molar-refractivity contribution in [1.29, 1.82) is 0 Å². The van der Waals surface area contributed by atoms with Gasteiger partial charge in [0.25, 0.3) is 0 Å². The quantitative estimate of drug-likeness (QED) is 0.562. The average molecular weight is 147 g/mol. The fourth-order valence-corrected chi connectivity index (χ4v) is 1.15. The van der Waals surface area contributed by atoms with Crippen molar-refractivity contribution in [2.24, 2.45) is 7.05 Å². The largest absolute Gasteiger partial charge is 0.250 e. The Bertz CT molecular complexity index is 389. The van der Waals surface area contributed by atoms with Crippen LogP contribution in [0.4, 0.5) is 0 Å². The van der Waals surface area contributed by atoms with Gasteiger partial charge >= 0.3 is 0 Å².